The monoisotopic (exact) mass is 346 g/mol. The van der Waals surface area contributed by atoms with Crippen LogP contribution >= 0.6 is 0 Å². The fraction of sp³-hybridized carbons (Fsp3) is 0.333. The molecule has 1 fully saturated rings. The molecule has 0 saturated carbocycles. The highest BCUT2D eigenvalue weighted by Crippen LogP contribution is 2.27. The smallest absolute Gasteiger partial charge is 0.246 e. The molecule has 0 radical (unpaired) electrons. The molecule has 1 aliphatic rings. The molecule has 2 aromatic carbocycles. The van der Waals surface area contributed by atoms with E-state index < -0.39 is 10.0 Å². The maximum absolute atomic E-state index is 12.9. The molecule has 1 saturated heterocycles. The van der Waals surface area contributed by atoms with Gasteiger partial charge in [-0.3, -0.25) is 0 Å². The number of ether oxygens (including phenoxy) is 1. The summed E-state index contributed by atoms with van der Waals surface area (Å²) in [6.07, 6.45) is 0. The number of anilines is 1. The Bertz CT molecular complexity index is 813. The average Bonchev–Trinajstić information content (AvgIpc) is 2.62. The lowest BCUT2D eigenvalue weighted by Gasteiger charge is -2.35. The van der Waals surface area contributed by atoms with E-state index in [0.717, 1.165) is 5.69 Å². The van der Waals surface area contributed by atoms with Crippen LogP contribution < -0.4 is 9.64 Å². The number of hydrogen-bond donors (Lipinski definition) is 0. The minimum absolute atomic E-state index is 0.233. The lowest BCUT2D eigenvalue weighted by molar-refractivity contribution is 0.374. The molecule has 0 spiro atoms. The van der Waals surface area contributed by atoms with Gasteiger partial charge in [0.05, 0.1) is 7.11 Å². The Morgan fingerprint density at radius 3 is 2.33 bits per heavy atom. The van der Waals surface area contributed by atoms with E-state index in [4.69, 9.17) is 4.74 Å². The van der Waals surface area contributed by atoms with Crippen molar-refractivity contribution in [2.75, 3.05) is 38.2 Å². The van der Waals surface area contributed by atoms with Gasteiger partial charge < -0.3 is 9.64 Å². The van der Waals surface area contributed by atoms with Gasteiger partial charge in [-0.15, -0.1) is 0 Å². The second kappa shape index (κ2) is 6.83. The normalized spacial score (nSPS) is 16.2. The van der Waals surface area contributed by atoms with Crippen LogP contribution in [0, 0.1) is 6.92 Å². The molecule has 0 unspecified atom stereocenters. The van der Waals surface area contributed by atoms with E-state index in [1.165, 1.54) is 17.0 Å². The van der Waals surface area contributed by atoms with E-state index in [1.54, 1.807) is 24.3 Å². The molecule has 0 aromatic heterocycles. The van der Waals surface area contributed by atoms with Crippen LogP contribution in [0.4, 0.5) is 5.69 Å². The fourth-order valence-corrected chi connectivity index (χ4v) is 4.56. The Labute approximate surface area is 143 Å². The molecule has 0 atom stereocenters. The third kappa shape index (κ3) is 3.25. The zero-order chi connectivity index (χ0) is 17.2. The van der Waals surface area contributed by atoms with Gasteiger partial charge in [-0.25, -0.2) is 8.42 Å². The number of para-hydroxylation sites is 1. The first-order valence-electron chi connectivity index (χ1n) is 7.97. The van der Waals surface area contributed by atoms with E-state index in [-0.39, 0.29) is 4.90 Å². The summed E-state index contributed by atoms with van der Waals surface area (Å²) < 4.78 is 32.5. The second-order valence-corrected chi connectivity index (χ2v) is 7.79. The molecule has 1 aliphatic heterocycles. The third-order valence-electron chi connectivity index (χ3n) is 4.29. The van der Waals surface area contributed by atoms with Gasteiger partial charge in [-0.1, -0.05) is 24.3 Å². The quantitative estimate of drug-likeness (QED) is 0.854. The number of aryl methyl sites for hydroxylation is 1. The number of benzene rings is 2. The van der Waals surface area contributed by atoms with E-state index >= 15 is 0 Å². The topological polar surface area (TPSA) is 49.9 Å². The fourth-order valence-electron chi connectivity index (χ4n) is 2.98. The molecular weight excluding hydrogens is 324 g/mol. The lowest BCUT2D eigenvalue weighted by Crippen LogP contribution is -2.48. The Morgan fingerprint density at radius 1 is 0.958 bits per heavy atom. The SMILES string of the molecule is COc1ccccc1S(=O)(=O)N1CCN(c2cccc(C)c2)CC1. The molecule has 0 aliphatic carbocycles. The summed E-state index contributed by atoms with van der Waals surface area (Å²) >= 11 is 0. The highest BCUT2D eigenvalue weighted by Gasteiger charge is 2.30. The summed E-state index contributed by atoms with van der Waals surface area (Å²) in [5.74, 6) is 0.388. The molecular formula is C18H22N2O3S. The summed E-state index contributed by atoms with van der Waals surface area (Å²) in [6.45, 7) is 4.35. The molecule has 5 nitrogen and oxygen atoms in total. The van der Waals surface area contributed by atoms with Crippen molar-refractivity contribution >= 4 is 15.7 Å². The van der Waals surface area contributed by atoms with Gasteiger partial charge in [-0.2, -0.15) is 4.31 Å². The molecule has 1 heterocycles. The van der Waals surface area contributed by atoms with Gasteiger partial charge in [0.2, 0.25) is 10.0 Å². The molecule has 0 N–H and O–H groups in total. The predicted octanol–water partition coefficient (Wildman–Crippen LogP) is 2.51. The van der Waals surface area contributed by atoms with E-state index in [1.807, 2.05) is 6.07 Å². The highest BCUT2D eigenvalue weighted by molar-refractivity contribution is 7.89. The first-order chi connectivity index (χ1) is 11.5. The van der Waals surface area contributed by atoms with Crippen LogP contribution in [0.2, 0.25) is 0 Å². The van der Waals surface area contributed by atoms with Crippen molar-refractivity contribution < 1.29 is 13.2 Å². The van der Waals surface area contributed by atoms with Crippen molar-refractivity contribution in [3.63, 3.8) is 0 Å². The minimum atomic E-state index is -3.54. The number of hydrogen-bond acceptors (Lipinski definition) is 4. The van der Waals surface area contributed by atoms with Crippen molar-refractivity contribution in [1.29, 1.82) is 0 Å². The van der Waals surface area contributed by atoms with Crippen LogP contribution in [0.5, 0.6) is 5.75 Å². The van der Waals surface area contributed by atoms with Gasteiger partial charge in [0, 0.05) is 31.9 Å². The first-order valence-corrected chi connectivity index (χ1v) is 9.41. The minimum Gasteiger partial charge on any atom is -0.495 e. The number of methoxy groups -OCH3 is 1. The summed E-state index contributed by atoms with van der Waals surface area (Å²) in [5, 5.41) is 0. The summed E-state index contributed by atoms with van der Waals surface area (Å²) in [7, 11) is -2.05. The van der Waals surface area contributed by atoms with Gasteiger partial charge in [0.1, 0.15) is 10.6 Å². The lowest BCUT2D eigenvalue weighted by atomic mass is 10.2. The summed E-state index contributed by atoms with van der Waals surface area (Å²) in [5.41, 5.74) is 2.35. The zero-order valence-corrected chi connectivity index (χ0v) is 14.8. The Balaban J connectivity index is 1.76. The van der Waals surface area contributed by atoms with Crippen LogP contribution in [-0.4, -0.2) is 46.0 Å². The second-order valence-electron chi connectivity index (χ2n) is 5.88. The Kier molecular flexibility index (Phi) is 4.78. The van der Waals surface area contributed by atoms with Crippen LogP contribution in [0.15, 0.2) is 53.4 Å². The highest BCUT2D eigenvalue weighted by atomic mass is 32.2. The van der Waals surface area contributed by atoms with Crippen molar-refractivity contribution in [3.8, 4) is 5.75 Å². The molecule has 0 amide bonds. The van der Waals surface area contributed by atoms with Crippen LogP contribution in [0.3, 0.4) is 0 Å². The first kappa shape index (κ1) is 16.8. The molecule has 3 rings (SSSR count). The van der Waals surface area contributed by atoms with Gasteiger partial charge in [0.15, 0.2) is 0 Å². The Hall–Kier alpha value is -2.05. The number of piperazine rings is 1. The maximum Gasteiger partial charge on any atom is 0.246 e. The van der Waals surface area contributed by atoms with Crippen molar-refractivity contribution in [3.05, 3.63) is 54.1 Å². The number of sulfonamides is 1. The Morgan fingerprint density at radius 2 is 1.67 bits per heavy atom. The van der Waals surface area contributed by atoms with Crippen molar-refractivity contribution in [1.82, 2.24) is 4.31 Å². The van der Waals surface area contributed by atoms with Gasteiger partial charge in [0.25, 0.3) is 0 Å². The third-order valence-corrected chi connectivity index (χ3v) is 6.23. The molecule has 6 heteroatoms. The maximum atomic E-state index is 12.9. The van der Waals surface area contributed by atoms with Crippen LogP contribution in [0.1, 0.15) is 5.56 Å². The van der Waals surface area contributed by atoms with Gasteiger partial charge in [-0.05, 0) is 36.8 Å². The largest absolute Gasteiger partial charge is 0.495 e. The standard InChI is InChI=1S/C18H22N2O3S/c1-15-6-5-7-16(14-15)19-10-12-20(13-11-19)24(21,22)18-9-4-3-8-17(18)23-2/h3-9,14H,10-13H2,1-2H3. The molecule has 24 heavy (non-hydrogen) atoms. The average molecular weight is 346 g/mol. The van der Waals surface area contributed by atoms with Crippen LogP contribution in [0.25, 0.3) is 0 Å². The van der Waals surface area contributed by atoms with E-state index in [0.29, 0.717) is 31.9 Å². The van der Waals surface area contributed by atoms with Crippen molar-refractivity contribution in [2.45, 2.75) is 11.8 Å². The number of nitrogens with zero attached hydrogens (tertiary/aromatic N) is 2. The predicted molar refractivity (Wildman–Crippen MR) is 95.1 cm³/mol. The van der Waals surface area contributed by atoms with E-state index in [2.05, 4.69) is 30.0 Å². The zero-order valence-electron chi connectivity index (χ0n) is 14.0. The summed E-state index contributed by atoms with van der Waals surface area (Å²) in [6, 6.07) is 15.1. The van der Waals surface area contributed by atoms with E-state index in [9.17, 15) is 8.42 Å². The molecule has 2 aromatic rings. The van der Waals surface area contributed by atoms with Gasteiger partial charge >= 0.3 is 0 Å². The van der Waals surface area contributed by atoms with Crippen LogP contribution in [-0.2, 0) is 10.0 Å². The molecule has 0 bridgehead atoms. The summed E-state index contributed by atoms with van der Waals surface area (Å²) in [4.78, 5) is 2.46. The molecule has 128 valence electrons. The number of rotatable bonds is 4. The van der Waals surface area contributed by atoms with Crippen molar-refractivity contribution in [2.24, 2.45) is 0 Å².